The Morgan fingerprint density at radius 2 is 2.06 bits per heavy atom. The van der Waals surface area contributed by atoms with E-state index in [1.807, 2.05) is 6.08 Å². The highest BCUT2D eigenvalue weighted by Gasteiger charge is 2.62. The molecule has 2 rings (SSSR count). The van der Waals surface area contributed by atoms with Crippen molar-refractivity contribution in [2.24, 2.45) is 16.7 Å². The summed E-state index contributed by atoms with van der Waals surface area (Å²) in [5.74, 6) is 0.464. The molecule has 0 amide bonds. The molecule has 1 N–H and O–H groups in total. The summed E-state index contributed by atoms with van der Waals surface area (Å²) in [5, 5.41) is 11.2. The van der Waals surface area contributed by atoms with Crippen molar-refractivity contribution in [3.8, 4) is 0 Å². The maximum Gasteiger partial charge on any atom is 0.0947 e. The van der Waals surface area contributed by atoms with Crippen LogP contribution in [0.1, 0.15) is 47.0 Å². The molecule has 0 radical (unpaired) electrons. The van der Waals surface area contributed by atoms with E-state index in [9.17, 15) is 5.11 Å². The van der Waals surface area contributed by atoms with Crippen molar-refractivity contribution in [1.82, 2.24) is 0 Å². The average Bonchev–Trinajstić information content (AvgIpc) is 2.44. The van der Waals surface area contributed by atoms with Crippen LogP contribution >= 0.6 is 0 Å². The highest BCUT2D eigenvalue weighted by Crippen LogP contribution is 2.65. The van der Waals surface area contributed by atoms with Crippen LogP contribution < -0.4 is 0 Å². The lowest BCUT2D eigenvalue weighted by molar-refractivity contribution is -0.0849. The molecule has 3 atom stereocenters. The molecular weight excluding hydrogens is 220 g/mol. The van der Waals surface area contributed by atoms with Gasteiger partial charge in [0.15, 0.2) is 0 Å². The maximum absolute atomic E-state index is 11.2. The highest BCUT2D eigenvalue weighted by molar-refractivity contribution is 5.35. The second kappa shape index (κ2) is 3.84. The SMILES string of the molecule is C=CC[C@]1(O)C(C)=CC[C@H]2C(C)(C)C(=C)C[C@@]21C. The van der Waals surface area contributed by atoms with Crippen molar-refractivity contribution < 1.29 is 5.11 Å². The zero-order valence-electron chi connectivity index (χ0n) is 12.2. The van der Waals surface area contributed by atoms with E-state index in [2.05, 4.69) is 46.9 Å². The van der Waals surface area contributed by atoms with E-state index in [0.717, 1.165) is 18.4 Å². The zero-order valence-corrected chi connectivity index (χ0v) is 12.2. The zero-order chi connectivity index (χ0) is 13.8. The topological polar surface area (TPSA) is 20.2 Å². The molecule has 0 bridgehead atoms. The Hall–Kier alpha value is -0.820. The smallest absolute Gasteiger partial charge is 0.0947 e. The molecule has 1 fully saturated rings. The molecule has 100 valence electrons. The van der Waals surface area contributed by atoms with Crippen LogP contribution in [0.15, 0.2) is 36.5 Å². The van der Waals surface area contributed by atoms with Crippen molar-refractivity contribution in [1.29, 1.82) is 0 Å². The van der Waals surface area contributed by atoms with Gasteiger partial charge in [-0.3, -0.25) is 0 Å². The summed E-state index contributed by atoms with van der Waals surface area (Å²) in [7, 11) is 0. The molecule has 0 aromatic rings. The first-order valence-corrected chi connectivity index (χ1v) is 6.89. The summed E-state index contributed by atoms with van der Waals surface area (Å²) < 4.78 is 0. The minimum atomic E-state index is -0.756. The predicted octanol–water partition coefficient (Wildman–Crippen LogP) is 4.25. The lowest BCUT2D eigenvalue weighted by atomic mass is 9.56. The summed E-state index contributed by atoms with van der Waals surface area (Å²) in [6.45, 7) is 16.9. The molecule has 1 saturated carbocycles. The van der Waals surface area contributed by atoms with E-state index in [1.54, 1.807) is 0 Å². The van der Waals surface area contributed by atoms with Crippen LogP contribution in [0, 0.1) is 16.7 Å². The number of hydrogen-bond acceptors (Lipinski definition) is 1. The Morgan fingerprint density at radius 1 is 1.44 bits per heavy atom. The number of rotatable bonds is 2. The molecule has 18 heavy (non-hydrogen) atoms. The van der Waals surface area contributed by atoms with Crippen molar-refractivity contribution in [3.05, 3.63) is 36.5 Å². The predicted molar refractivity (Wildman–Crippen MR) is 77.3 cm³/mol. The monoisotopic (exact) mass is 246 g/mol. The van der Waals surface area contributed by atoms with Crippen LogP contribution in [0.4, 0.5) is 0 Å². The quantitative estimate of drug-likeness (QED) is 0.722. The van der Waals surface area contributed by atoms with Gasteiger partial charge in [0.25, 0.3) is 0 Å². The van der Waals surface area contributed by atoms with Crippen LogP contribution in [0.3, 0.4) is 0 Å². The minimum Gasteiger partial charge on any atom is -0.385 e. The third-order valence-corrected chi connectivity index (χ3v) is 5.83. The third-order valence-electron chi connectivity index (χ3n) is 5.83. The van der Waals surface area contributed by atoms with Crippen molar-refractivity contribution >= 4 is 0 Å². The molecule has 0 aromatic carbocycles. The van der Waals surface area contributed by atoms with Crippen LogP contribution in [0.25, 0.3) is 0 Å². The molecular formula is C17H26O. The summed E-state index contributed by atoms with van der Waals surface area (Å²) >= 11 is 0. The fourth-order valence-corrected chi connectivity index (χ4v) is 4.34. The lowest BCUT2D eigenvalue weighted by Crippen LogP contribution is -2.53. The third kappa shape index (κ3) is 1.43. The summed E-state index contributed by atoms with van der Waals surface area (Å²) in [4.78, 5) is 0. The van der Waals surface area contributed by atoms with E-state index in [1.165, 1.54) is 5.57 Å². The van der Waals surface area contributed by atoms with Gasteiger partial charge in [-0.2, -0.15) is 0 Å². The standard InChI is InChI=1S/C17H26O/c1-7-10-17(18)12(2)8-9-14-15(4,5)13(3)11-16(14,17)6/h7-8,14,18H,1,3,9-11H2,2,4-6H3/t14-,16-,17-/m0/s1. The van der Waals surface area contributed by atoms with Gasteiger partial charge in [0.05, 0.1) is 5.60 Å². The molecule has 0 unspecified atom stereocenters. The minimum absolute atomic E-state index is 0.111. The second-order valence-electron chi connectivity index (χ2n) is 6.95. The lowest BCUT2D eigenvalue weighted by Gasteiger charge is -2.51. The molecule has 0 saturated heterocycles. The fraction of sp³-hybridized carbons (Fsp3) is 0.647. The molecule has 2 aliphatic rings. The molecule has 0 spiro atoms. The first kappa shape index (κ1) is 13.6. The Balaban J connectivity index is 2.56. The summed E-state index contributed by atoms with van der Waals surface area (Å²) in [6.07, 6.45) is 6.66. The number of hydrogen-bond donors (Lipinski definition) is 1. The Bertz CT molecular complexity index is 429. The number of fused-ring (bicyclic) bond motifs is 1. The van der Waals surface area contributed by atoms with Gasteiger partial charge in [-0.25, -0.2) is 0 Å². The molecule has 0 heterocycles. The summed E-state index contributed by atoms with van der Waals surface area (Å²) in [5.41, 5.74) is 1.63. The second-order valence-corrected chi connectivity index (χ2v) is 6.95. The number of aliphatic hydroxyl groups is 1. The molecule has 0 aliphatic heterocycles. The van der Waals surface area contributed by atoms with Crippen LogP contribution in [-0.2, 0) is 0 Å². The largest absolute Gasteiger partial charge is 0.385 e. The van der Waals surface area contributed by atoms with Gasteiger partial charge < -0.3 is 5.11 Å². The fourth-order valence-electron chi connectivity index (χ4n) is 4.34. The number of allylic oxidation sites excluding steroid dienone is 2. The van der Waals surface area contributed by atoms with E-state index in [0.29, 0.717) is 12.3 Å². The van der Waals surface area contributed by atoms with Gasteiger partial charge >= 0.3 is 0 Å². The summed E-state index contributed by atoms with van der Waals surface area (Å²) in [6, 6.07) is 0. The van der Waals surface area contributed by atoms with Crippen LogP contribution in [-0.4, -0.2) is 10.7 Å². The van der Waals surface area contributed by atoms with E-state index < -0.39 is 5.60 Å². The first-order valence-electron chi connectivity index (χ1n) is 6.89. The van der Waals surface area contributed by atoms with Crippen molar-refractivity contribution in [2.45, 2.75) is 52.6 Å². The van der Waals surface area contributed by atoms with Crippen LogP contribution in [0.2, 0.25) is 0 Å². The van der Waals surface area contributed by atoms with Gasteiger partial charge in [-0.15, -0.1) is 6.58 Å². The van der Waals surface area contributed by atoms with E-state index >= 15 is 0 Å². The van der Waals surface area contributed by atoms with E-state index in [4.69, 9.17) is 0 Å². The molecule has 1 nitrogen and oxygen atoms in total. The van der Waals surface area contributed by atoms with E-state index in [-0.39, 0.29) is 10.8 Å². The van der Waals surface area contributed by atoms with Gasteiger partial charge in [-0.1, -0.05) is 45.1 Å². The van der Waals surface area contributed by atoms with Crippen LogP contribution in [0.5, 0.6) is 0 Å². The van der Waals surface area contributed by atoms with Gasteiger partial charge in [0.2, 0.25) is 0 Å². The highest BCUT2D eigenvalue weighted by atomic mass is 16.3. The normalized spacial score (nSPS) is 42.4. The van der Waals surface area contributed by atoms with Gasteiger partial charge in [-0.05, 0) is 43.1 Å². The van der Waals surface area contributed by atoms with Crippen molar-refractivity contribution in [2.75, 3.05) is 0 Å². The molecule has 2 aliphatic carbocycles. The Morgan fingerprint density at radius 3 is 2.61 bits per heavy atom. The first-order chi connectivity index (χ1) is 8.20. The van der Waals surface area contributed by atoms with Gasteiger partial charge in [0.1, 0.15) is 0 Å². The molecule has 0 aromatic heterocycles. The van der Waals surface area contributed by atoms with Crippen molar-refractivity contribution in [3.63, 3.8) is 0 Å². The maximum atomic E-state index is 11.2. The van der Waals surface area contributed by atoms with Gasteiger partial charge in [0, 0.05) is 5.41 Å². The Labute approximate surface area is 111 Å². The average molecular weight is 246 g/mol. The molecule has 1 heteroatoms. The Kier molecular flexibility index (Phi) is 2.90.